The van der Waals surface area contributed by atoms with Crippen molar-refractivity contribution < 1.29 is 17.7 Å². The second-order valence-electron chi connectivity index (χ2n) is 6.73. The molecule has 0 aliphatic carbocycles. The molecule has 9 heteroatoms. The van der Waals surface area contributed by atoms with E-state index in [2.05, 4.69) is 9.71 Å². The van der Waals surface area contributed by atoms with Gasteiger partial charge in [0.15, 0.2) is 5.69 Å². The molecule has 1 unspecified atom stereocenters. The predicted molar refractivity (Wildman–Crippen MR) is 98.3 cm³/mol. The molecule has 1 aromatic carbocycles. The van der Waals surface area contributed by atoms with E-state index < -0.39 is 39.0 Å². The minimum absolute atomic E-state index is 0.0223. The summed E-state index contributed by atoms with van der Waals surface area (Å²) >= 11 is 4.07. The Balaban J connectivity index is 2.53. The number of aromatic nitrogens is 1. The fraction of sp³-hybridized carbons (Fsp3) is 0.333. The topological polar surface area (TPSA) is 71.8 Å². The number of hydrogen-bond acceptors (Lipinski definition) is 4. The Kier molecular flexibility index (Phi) is 6.43. The molecule has 0 amide bonds. The fourth-order valence-corrected chi connectivity index (χ4v) is 3.19. The van der Waals surface area contributed by atoms with Crippen molar-refractivity contribution in [3.8, 4) is 6.07 Å². The summed E-state index contributed by atoms with van der Waals surface area (Å²) in [6, 6.07) is 9.79. The average molecular weight is 416 g/mol. The molecule has 0 saturated heterocycles. The zero-order valence-corrected chi connectivity index (χ0v) is 16.3. The van der Waals surface area contributed by atoms with E-state index in [0.717, 1.165) is 6.07 Å². The molecule has 0 radical (unpaired) electrons. The maximum atomic E-state index is 13.2. The Hall–Kier alpha value is -1.79. The van der Waals surface area contributed by atoms with Crippen molar-refractivity contribution in [1.29, 1.82) is 5.26 Å². The second kappa shape index (κ2) is 8.07. The van der Waals surface area contributed by atoms with E-state index in [9.17, 15) is 17.7 Å². The van der Waals surface area contributed by atoms with Gasteiger partial charge in [0.25, 0.3) is 0 Å². The number of benzene rings is 1. The summed E-state index contributed by atoms with van der Waals surface area (Å²) in [6.07, 6.45) is -4.72. The minimum Gasteiger partial charge on any atom is -0.598 e. The number of hydrogen-bond donors (Lipinski definition) is 1. The maximum Gasteiger partial charge on any atom is 0.434 e. The molecule has 0 saturated carbocycles. The van der Waals surface area contributed by atoms with Gasteiger partial charge in [0, 0.05) is 11.4 Å². The Morgan fingerprint density at radius 2 is 1.74 bits per heavy atom. The van der Waals surface area contributed by atoms with Crippen LogP contribution in [0.1, 0.15) is 49.3 Å². The lowest BCUT2D eigenvalue weighted by atomic mass is 10.0. The van der Waals surface area contributed by atoms with Crippen LogP contribution in [0.5, 0.6) is 0 Å². The van der Waals surface area contributed by atoms with Crippen LogP contribution in [0, 0.1) is 11.3 Å². The van der Waals surface area contributed by atoms with E-state index >= 15 is 0 Å². The molecule has 0 aliphatic rings. The van der Waals surface area contributed by atoms with Crippen molar-refractivity contribution in [1.82, 2.24) is 9.71 Å². The molecule has 1 N–H and O–H groups in total. The molecule has 0 bridgehead atoms. The number of alkyl halides is 3. The van der Waals surface area contributed by atoms with Crippen LogP contribution in [0.2, 0.25) is 5.02 Å². The van der Waals surface area contributed by atoms with E-state index in [0.29, 0.717) is 11.1 Å². The van der Waals surface area contributed by atoms with Crippen LogP contribution in [0.3, 0.4) is 0 Å². The van der Waals surface area contributed by atoms with E-state index in [-0.39, 0.29) is 5.69 Å². The van der Waals surface area contributed by atoms with Crippen LogP contribution < -0.4 is 4.72 Å². The lowest BCUT2D eigenvalue weighted by molar-refractivity contribution is -0.141. The highest BCUT2D eigenvalue weighted by Gasteiger charge is 2.37. The van der Waals surface area contributed by atoms with Crippen molar-refractivity contribution >= 4 is 23.0 Å². The molecule has 0 aliphatic heterocycles. The minimum atomic E-state index is -4.72. The van der Waals surface area contributed by atoms with Crippen LogP contribution in [-0.4, -0.2) is 14.3 Å². The first-order valence-electron chi connectivity index (χ1n) is 7.85. The number of rotatable bonds is 4. The normalized spacial score (nSPS) is 14.5. The van der Waals surface area contributed by atoms with Gasteiger partial charge in [-0.1, -0.05) is 23.7 Å². The summed E-state index contributed by atoms with van der Waals surface area (Å²) in [5, 5.41) is 8.41. The predicted octanol–water partition coefficient (Wildman–Crippen LogP) is 4.77. The third kappa shape index (κ3) is 5.36. The third-order valence-electron chi connectivity index (χ3n) is 3.59. The highest BCUT2D eigenvalue weighted by Crippen LogP contribution is 2.35. The zero-order valence-electron chi connectivity index (χ0n) is 14.8. The third-order valence-corrected chi connectivity index (χ3v) is 5.45. The smallest absolute Gasteiger partial charge is 0.434 e. The van der Waals surface area contributed by atoms with Crippen molar-refractivity contribution in [2.45, 2.75) is 37.7 Å². The largest absolute Gasteiger partial charge is 0.598 e. The van der Waals surface area contributed by atoms with Crippen LogP contribution in [0.15, 0.2) is 36.4 Å². The summed E-state index contributed by atoms with van der Waals surface area (Å²) in [4.78, 5) is 3.68. The fourth-order valence-electron chi connectivity index (χ4n) is 2.15. The first-order chi connectivity index (χ1) is 12.4. The Bertz CT molecular complexity index is 845. The van der Waals surface area contributed by atoms with Gasteiger partial charge in [-0.25, -0.2) is 4.98 Å². The highest BCUT2D eigenvalue weighted by atomic mass is 35.5. The van der Waals surface area contributed by atoms with Crippen molar-refractivity contribution in [2.24, 2.45) is 0 Å². The number of nitrogens with zero attached hydrogens (tertiary/aromatic N) is 2. The van der Waals surface area contributed by atoms with Gasteiger partial charge in [-0.2, -0.15) is 18.4 Å². The van der Waals surface area contributed by atoms with Crippen LogP contribution in [0.4, 0.5) is 13.2 Å². The summed E-state index contributed by atoms with van der Waals surface area (Å²) in [7, 11) is 0. The van der Waals surface area contributed by atoms with Gasteiger partial charge in [0.2, 0.25) is 0 Å². The standard InChI is InChI=1S/C18H17ClF3N3OS/c1-17(2,3)27(26)25-15(12-6-4-11(10-23)5-7-12)14-9-8-13(19)16(24-14)18(20,21)22/h4-9,15,25H,1-3H3/t15-,27?/m1/s1. The molecule has 0 spiro atoms. The maximum absolute atomic E-state index is 13.2. The van der Waals surface area contributed by atoms with Gasteiger partial charge >= 0.3 is 6.18 Å². The summed E-state index contributed by atoms with van der Waals surface area (Å²) in [5.74, 6) is 0. The van der Waals surface area contributed by atoms with Crippen molar-refractivity contribution in [3.63, 3.8) is 0 Å². The zero-order chi connectivity index (χ0) is 20.4. The van der Waals surface area contributed by atoms with Gasteiger partial charge in [-0.15, -0.1) is 4.72 Å². The SMILES string of the molecule is CC(C)(C)[S+]([O-])N[C@H](c1ccc(C#N)cc1)c1ccc(Cl)c(C(F)(F)F)n1. The van der Waals surface area contributed by atoms with E-state index in [4.69, 9.17) is 16.9 Å². The molecule has 1 heterocycles. The Morgan fingerprint density at radius 3 is 2.22 bits per heavy atom. The first-order valence-corrected chi connectivity index (χ1v) is 9.38. The van der Waals surface area contributed by atoms with Crippen molar-refractivity contribution in [3.05, 3.63) is 63.9 Å². The van der Waals surface area contributed by atoms with Gasteiger partial charge < -0.3 is 4.55 Å². The van der Waals surface area contributed by atoms with Gasteiger partial charge in [-0.05, 0) is 50.6 Å². The second-order valence-corrected chi connectivity index (χ2v) is 9.14. The Labute approximate surface area is 163 Å². The number of nitrogens with one attached hydrogen (secondary N) is 1. The average Bonchev–Trinajstić information content (AvgIpc) is 2.58. The Morgan fingerprint density at radius 1 is 1.15 bits per heavy atom. The molecule has 2 rings (SSSR count). The molecule has 2 aromatic rings. The van der Waals surface area contributed by atoms with E-state index in [1.165, 1.54) is 18.2 Å². The molecular formula is C18H17ClF3N3OS. The number of pyridine rings is 1. The monoisotopic (exact) mass is 415 g/mol. The highest BCUT2D eigenvalue weighted by molar-refractivity contribution is 7.90. The van der Waals surface area contributed by atoms with E-state index in [1.807, 2.05) is 6.07 Å². The molecule has 2 atom stereocenters. The molecule has 1 aromatic heterocycles. The molecule has 27 heavy (non-hydrogen) atoms. The number of nitriles is 1. The van der Waals surface area contributed by atoms with E-state index in [1.54, 1.807) is 32.9 Å². The molecule has 0 fully saturated rings. The van der Waals surface area contributed by atoms with Crippen LogP contribution in [-0.2, 0) is 17.5 Å². The lowest BCUT2D eigenvalue weighted by Gasteiger charge is -2.28. The molecule has 4 nitrogen and oxygen atoms in total. The van der Waals surface area contributed by atoms with Crippen LogP contribution in [0.25, 0.3) is 0 Å². The van der Waals surface area contributed by atoms with Gasteiger partial charge in [0.05, 0.1) is 22.3 Å². The van der Waals surface area contributed by atoms with Gasteiger partial charge in [0.1, 0.15) is 10.8 Å². The van der Waals surface area contributed by atoms with Gasteiger partial charge in [-0.3, -0.25) is 0 Å². The summed E-state index contributed by atoms with van der Waals surface area (Å²) < 4.78 is 54.3. The summed E-state index contributed by atoms with van der Waals surface area (Å²) in [5.41, 5.74) is -0.262. The first kappa shape index (κ1) is 21.5. The van der Waals surface area contributed by atoms with Crippen LogP contribution >= 0.6 is 11.6 Å². The lowest BCUT2D eigenvalue weighted by Crippen LogP contribution is -2.41. The molecular weight excluding hydrogens is 399 g/mol. The molecule has 144 valence electrons. The van der Waals surface area contributed by atoms with Crippen molar-refractivity contribution in [2.75, 3.05) is 0 Å². The summed E-state index contributed by atoms with van der Waals surface area (Å²) in [6.45, 7) is 5.22. The number of halogens is 4. The quantitative estimate of drug-likeness (QED) is 0.730.